The molecule has 11 heteroatoms. The predicted octanol–water partition coefficient (Wildman–Crippen LogP) is 2.61. The summed E-state index contributed by atoms with van der Waals surface area (Å²) in [6.07, 6.45) is 1.13. The van der Waals surface area contributed by atoms with Crippen LogP contribution in [0.1, 0.15) is 43.9 Å². The van der Waals surface area contributed by atoms with Gasteiger partial charge in [0.25, 0.3) is 0 Å². The van der Waals surface area contributed by atoms with Crippen molar-refractivity contribution in [1.29, 1.82) is 0 Å². The van der Waals surface area contributed by atoms with Crippen LogP contribution >= 0.6 is 0 Å². The van der Waals surface area contributed by atoms with E-state index in [-0.39, 0.29) is 32.6 Å². The zero-order valence-corrected chi connectivity index (χ0v) is 23.9. The fourth-order valence-electron chi connectivity index (χ4n) is 5.41. The van der Waals surface area contributed by atoms with Crippen molar-refractivity contribution >= 4 is 29.8 Å². The number of carboxylic acids is 2. The molecule has 1 amide bonds. The lowest BCUT2D eigenvalue weighted by Crippen LogP contribution is -2.68. The molecule has 1 unspecified atom stereocenters. The summed E-state index contributed by atoms with van der Waals surface area (Å²) in [6, 6.07) is 12.8. The maximum atomic E-state index is 14.5. The summed E-state index contributed by atoms with van der Waals surface area (Å²) in [5.74, 6) is -5.49. The maximum absolute atomic E-state index is 14.5. The number of carbonyl (C=O) groups excluding carboxylic acids is 3. The first-order valence-corrected chi connectivity index (χ1v) is 13.9. The van der Waals surface area contributed by atoms with Gasteiger partial charge in [0.1, 0.15) is 18.6 Å². The van der Waals surface area contributed by atoms with Gasteiger partial charge < -0.3 is 19.7 Å². The number of esters is 2. The van der Waals surface area contributed by atoms with Crippen LogP contribution in [0.15, 0.2) is 66.4 Å². The number of aryl methyl sites for hydroxylation is 1. The molecule has 0 saturated heterocycles. The summed E-state index contributed by atoms with van der Waals surface area (Å²) in [5.41, 5.74) is 1.47. The molecule has 0 radical (unpaired) electrons. The van der Waals surface area contributed by atoms with E-state index in [0.29, 0.717) is 23.6 Å². The molecule has 3 rings (SSSR count). The highest BCUT2D eigenvalue weighted by atomic mass is 16.5. The molecule has 0 spiro atoms. The summed E-state index contributed by atoms with van der Waals surface area (Å²) in [7, 11) is 0. The van der Waals surface area contributed by atoms with Crippen LogP contribution in [0.5, 0.6) is 0 Å². The van der Waals surface area contributed by atoms with E-state index in [1.165, 1.54) is 6.92 Å². The van der Waals surface area contributed by atoms with Gasteiger partial charge in [-0.25, -0.2) is 23.7 Å². The van der Waals surface area contributed by atoms with Crippen LogP contribution in [0.2, 0.25) is 0 Å². The number of carbonyl (C=O) groups is 5. The Hall–Kier alpha value is -4.35. The van der Waals surface area contributed by atoms with Gasteiger partial charge in [-0.2, -0.15) is 0 Å². The van der Waals surface area contributed by atoms with Crippen molar-refractivity contribution in [3.63, 3.8) is 0 Å². The average molecular weight is 582 g/mol. The van der Waals surface area contributed by atoms with E-state index in [9.17, 15) is 34.2 Å². The minimum Gasteiger partial charge on any atom is -0.478 e. The molecule has 2 aromatic rings. The number of hydrogen-bond donors (Lipinski definition) is 3. The van der Waals surface area contributed by atoms with Gasteiger partial charge in [-0.1, -0.05) is 54.6 Å². The van der Waals surface area contributed by atoms with Crippen LogP contribution in [-0.2, 0) is 52.8 Å². The molecule has 0 aliphatic carbocycles. The molecule has 11 nitrogen and oxygen atoms in total. The molecule has 1 aliphatic rings. The van der Waals surface area contributed by atoms with E-state index in [2.05, 4.69) is 5.32 Å². The smallest absolute Gasteiger partial charge is 0.391 e. The number of nitrogens with zero attached hydrogens (tertiary/aromatic N) is 1. The van der Waals surface area contributed by atoms with Gasteiger partial charge in [0, 0.05) is 12.0 Å². The van der Waals surface area contributed by atoms with Crippen LogP contribution in [-0.4, -0.2) is 75.8 Å². The Kier molecular flexibility index (Phi) is 11.1. The van der Waals surface area contributed by atoms with Crippen molar-refractivity contribution < 1.29 is 48.1 Å². The highest BCUT2D eigenvalue weighted by Gasteiger charge is 2.58. The van der Waals surface area contributed by atoms with Gasteiger partial charge in [0.2, 0.25) is 11.7 Å². The summed E-state index contributed by atoms with van der Waals surface area (Å²) in [6.45, 7) is 4.47. The van der Waals surface area contributed by atoms with Gasteiger partial charge in [-0.05, 0) is 44.7 Å². The van der Waals surface area contributed by atoms with Crippen molar-refractivity contribution in [3.05, 3.63) is 83.1 Å². The number of carboxylic acid groups (broad SMARTS) is 2. The number of rotatable bonds is 13. The standard InChI is InChI=1S/C31H36N2O9/c1-4-41-30(39)24(16-15-21-11-7-6-8-12-21)32-20(3)28(36)33(25(29(37)38)18-27(34)35)19-23-14-10-9-13-22(23)17-26(33)31(40)42-5-2/h6-14,18,20,24,26,32H,4-5,15-17,19H2,1-3H3,(H-,34,35,37,38)/p+1/b25-18-/t20-,24-,26-,33?/m0/s1. The monoisotopic (exact) mass is 581 g/mol. The van der Waals surface area contributed by atoms with Crippen molar-refractivity contribution in [1.82, 2.24) is 5.32 Å². The number of aliphatic carboxylic acids is 2. The van der Waals surface area contributed by atoms with E-state index >= 15 is 0 Å². The van der Waals surface area contributed by atoms with E-state index < -0.39 is 58.1 Å². The third-order valence-corrected chi connectivity index (χ3v) is 7.30. The van der Waals surface area contributed by atoms with Crippen LogP contribution < -0.4 is 5.32 Å². The fraction of sp³-hybridized carbons (Fsp3) is 0.387. The SMILES string of the molecule is CCOC(=O)[C@H](CCc1ccccc1)N[C@@H](C)C(=O)[N+]1(/C(=C\C(=O)O)C(=O)O)Cc2ccccc2C[C@H]1C(=O)OCC. The Labute approximate surface area is 244 Å². The molecule has 0 aromatic heterocycles. The minimum atomic E-state index is -1.67. The Balaban J connectivity index is 2.11. The Bertz CT molecular complexity index is 1340. The summed E-state index contributed by atoms with van der Waals surface area (Å²) >= 11 is 0. The highest BCUT2D eigenvalue weighted by molar-refractivity contribution is 5.96. The quantitative estimate of drug-likeness (QED) is 0.183. The van der Waals surface area contributed by atoms with Crippen LogP contribution in [0, 0.1) is 0 Å². The normalized spacial score (nSPS) is 19.6. The molecule has 4 atom stereocenters. The molecule has 1 heterocycles. The van der Waals surface area contributed by atoms with E-state index in [1.54, 1.807) is 38.1 Å². The topological polar surface area (TPSA) is 156 Å². The maximum Gasteiger partial charge on any atom is 0.391 e. The predicted molar refractivity (Wildman–Crippen MR) is 151 cm³/mol. The van der Waals surface area contributed by atoms with Gasteiger partial charge in [-0.15, -0.1) is 0 Å². The first-order valence-electron chi connectivity index (χ1n) is 13.9. The number of benzene rings is 2. The van der Waals surface area contributed by atoms with E-state index in [1.807, 2.05) is 30.3 Å². The molecule has 0 bridgehead atoms. The van der Waals surface area contributed by atoms with Gasteiger partial charge in [0.15, 0.2) is 0 Å². The largest absolute Gasteiger partial charge is 0.478 e. The zero-order valence-electron chi connectivity index (χ0n) is 23.9. The number of ether oxygens (including phenoxy) is 2. The van der Waals surface area contributed by atoms with Crippen molar-refractivity contribution in [3.8, 4) is 0 Å². The molecule has 224 valence electrons. The molecule has 1 aliphatic heterocycles. The van der Waals surface area contributed by atoms with Crippen LogP contribution in [0.4, 0.5) is 0 Å². The number of nitrogens with one attached hydrogen (secondary N) is 1. The first kappa shape index (κ1) is 32.2. The van der Waals surface area contributed by atoms with Crippen molar-refractivity contribution in [2.45, 2.75) is 64.7 Å². The minimum absolute atomic E-state index is 0.0333. The number of hydrogen-bond acceptors (Lipinski definition) is 8. The molecule has 2 aromatic carbocycles. The molecule has 3 N–H and O–H groups in total. The van der Waals surface area contributed by atoms with Crippen molar-refractivity contribution in [2.75, 3.05) is 13.2 Å². The summed E-state index contributed by atoms with van der Waals surface area (Å²) in [5, 5.41) is 22.9. The molecule has 42 heavy (non-hydrogen) atoms. The fourth-order valence-corrected chi connectivity index (χ4v) is 5.41. The lowest BCUT2D eigenvalue weighted by molar-refractivity contribution is -0.847. The van der Waals surface area contributed by atoms with E-state index in [0.717, 1.165) is 5.56 Å². The lowest BCUT2D eigenvalue weighted by Gasteiger charge is -2.45. The highest BCUT2D eigenvalue weighted by Crippen LogP contribution is 2.37. The summed E-state index contributed by atoms with van der Waals surface area (Å²) < 4.78 is 9.39. The number of amides is 1. The second kappa shape index (κ2) is 14.5. The van der Waals surface area contributed by atoms with E-state index in [4.69, 9.17) is 9.47 Å². The lowest BCUT2D eigenvalue weighted by atomic mass is 9.88. The first-order chi connectivity index (χ1) is 20.0. The molecule has 0 fully saturated rings. The van der Waals surface area contributed by atoms with Crippen LogP contribution in [0.3, 0.4) is 0 Å². The van der Waals surface area contributed by atoms with Crippen molar-refractivity contribution in [2.24, 2.45) is 0 Å². The number of fused-ring (bicyclic) bond motifs is 1. The second-order valence-corrected chi connectivity index (χ2v) is 10.00. The Morgan fingerprint density at radius 2 is 1.57 bits per heavy atom. The number of quaternary nitrogens is 1. The molecular formula is C31H37N2O9+. The summed E-state index contributed by atoms with van der Waals surface area (Å²) in [4.78, 5) is 65.3. The van der Waals surface area contributed by atoms with Gasteiger partial charge >= 0.3 is 29.8 Å². The molecular weight excluding hydrogens is 544 g/mol. The van der Waals surface area contributed by atoms with Crippen LogP contribution in [0.25, 0.3) is 0 Å². The van der Waals surface area contributed by atoms with Gasteiger partial charge in [-0.3, -0.25) is 10.1 Å². The zero-order chi connectivity index (χ0) is 30.9. The third-order valence-electron chi connectivity index (χ3n) is 7.30. The third kappa shape index (κ3) is 7.29. The van der Waals surface area contributed by atoms with Gasteiger partial charge in [0.05, 0.1) is 19.3 Å². The Morgan fingerprint density at radius 3 is 2.17 bits per heavy atom. The average Bonchev–Trinajstić information content (AvgIpc) is 2.97. The second-order valence-electron chi connectivity index (χ2n) is 10.00. The Morgan fingerprint density at radius 1 is 0.952 bits per heavy atom. The molecule has 0 saturated carbocycles.